The molecule has 2 saturated heterocycles. The van der Waals surface area contributed by atoms with E-state index in [0.717, 1.165) is 12.2 Å². The molecule has 2 fully saturated rings. The lowest BCUT2D eigenvalue weighted by molar-refractivity contribution is -0.133. The van der Waals surface area contributed by atoms with Gasteiger partial charge in [-0.1, -0.05) is 6.92 Å². The highest BCUT2D eigenvalue weighted by Gasteiger charge is 2.38. The topological polar surface area (TPSA) is 59.1 Å². The third kappa shape index (κ3) is 3.38. The maximum Gasteiger partial charge on any atom is 0.253 e. The molecule has 2 aliphatic heterocycles. The Morgan fingerprint density at radius 2 is 2.00 bits per heavy atom. The number of amides is 2. The van der Waals surface area contributed by atoms with Gasteiger partial charge in [-0.2, -0.15) is 0 Å². The molecule has 0 aliphatic carbocycles. The quantitative estimate of drug-likeness (QED) is 0.836. The van der Waals surface area contributed by atoms with Gasteiger partial charge in [-0.05, 0) is 30.7 Å². The van der Waals surface area contributed by atoms with E-state index < -0.39 is 0 Å². The van der Waals surface area contributed by atoms with E-state index in [4.69, 9.17) is 9.47 Å². The van der Waals surface area contributed by atoms with Crippen LogP contribution in [0.25, 0.3) is 0 Å². The van der Waals surface area contributed by atoms with Gasteiger partial charge >= 0.3 is 0 Å². The summed E-state index contributed by atoms with van der Waals surface area (Å²) in [4.78, 5) is 28.7. The van der Waals surface area contributed by atoms with Crippen LogP contribution in [0.3, 0.4) is 0 Å². The molecular formula is C18H24N2O4. The molecule has 1 aromatic carbocycles. The maximum absolute atomic E-state index is 12.8. The summed E-state index contributed by atoms with van der Waals surface area (Å²) in [6, 6.07) is 7.14. The van der Waals surface area contributed by atoms with Crippen molar-refractivity contribution >= 4 is 11.8 Å². The van der Waals surface area contributed by atoms with E-state index in [1.807, 2.05) is 12.1 Å². The Bertz CT molecular complexity index is 602. The molecule has 2 heterocycles. The SMILES string of the molecule is CCCOc1ccc(C(=O)N2C[C@@H]3COC[C@H](C2)N(C)C3=O)cc1. The standard InChI is InChI=1S/C18H24N2O4/c1-3-8-24-16-6-4-13(5-7-16)18(22)20-9-14-11-23-12-15(10-20)19(2)17(14)21/h4-7,14-15H,3,8-12H2,1-2H3/t14-,15+/m1/s1. The fraction of sp³-hybridized carbons (Fsp3) is 0.556. The van der Waals surface area contributed by atoms with E-state index in [2.05, 4.69) is 6.92 Å². The summed E-state index contributed by atoms with van der Waals surface area (Å²) in [6.07, 6.45) is 0.945. The van der Waals surface area contributed by atoms with Gasteiger partial charge in [-0.15, -0.1) is 0 Å². The molecule has 0 radical (unpaired) electrons. The second kappa shape index (κ2) is 7.21. The first-order chi connectivity index (χ1) is 11.6. The monoisotopic (exact) mass is 332 g/mol. The number of benzene rings is 1. The van der Waals surface area contributed by atoms with Crippen molar-refractivity contribution in [3.8, 4) is 5.75 Å². The van der Waals surface area contributed by atoms with Gasteiger partial charge in [0.1, 0.15) is 5.75 Å². The van der Waals surface area contributed by atoms with Crippen molar-refractivity contribution < 1.29 is 19.1 Å². The lowest BCUT2D eigenvalue weighted by atomic mass is 10.1. The van der Waals surface area contributed by atoms with Crippen LogP contribution in [0.4, 0.5) is 0 Å². The first-order valence-corrected chi connectivity index (χ1v) is 8.46. The zero-order chi connectivity index (χ0) is 17.1. The van der Waals surface area contributed by atoms with E-state index in [1.54, 1.807) is 29.0 Å². The number of likely N-dealkylation sites (N-methyl/N-ethyl adjacent to an activating group) is 1. The highest BCUT2D eigenvalue weighted by Crippen LogP contribution is 2.22. The van der Waals surface area contributed by atoms with Crippen LogP contribution < -0.4 is 4.74 Å². The van der Waals surface area contributed by atoms with Gasteiger partial charge < -0.3 is 19.3 Å². The van der Waals surface area contributed by atoms with E-state index in [9.17, 15) is 9.59 Å². The number of ether oxygens (including phenoxy) is 2. The summed E-state index contributed by atoms with van der Waals surface area (Å²) in [7, 11) is 1.79. The minimum Gasteiger partial charge on any atom is -0.494 e. The van der Waals surface area contributed by atoms with Crippen LogP contribution in [0, 0.1) is 5.92 Å². The van der Waals surface area contributed by atoms with Crippen LogP contribution in [-0.4, -0.2) is 67.6 Å². The number of nitrogens with zero attached hydrogens (tertiary/aromatic N) is 2. The maximum atomic E-state index is 12.8. The Morgan fingerprint density at radius 1 is 1.25 bits per heavy atom. The zero-order valence-corrected chi connectivity index (χ0v) is 14.2. The summed E-state index contributed by atoms with van der Waals surface area (Å²) < 4.78 is 11.1. The van der Waals surface area contributed by atoms with Crippen LogP contribution in [0.5, 0.6) is 5.75 Å². The fourth-order valence-electron chi connectivity index (χ4n) is 3.16. The zero-order valence-electron chi connectivity index (χ0n) is 14.2. The molecule has 0 unspecified atom stereocenters. The molecule has 24 heavy (non-hydrogen) atoms. The number of fused-ring (bicyclic) bond motifs is 3. The van der Waals surface area contributed by atoms with Gasteiger partial charge in [-0.3, -0.25) is 9.59 Å². The molecule has 3 rings (SSSR count). The van der Waals surface area contributed by atoms with E-state index >= 15 is 0 Å². The lowest BCUT2D eigenvalue weighted by Crippen LogP contribution is -2.45. The summed E-state index contributed by atoms with van der Waals surface area (Å²) in [5, 5.41) is 0. The molecule has 6 nitrogen and oxygen atoms in total. The normalized spacial score (nSPS) is 23.8. The molecule has 1 aromatic rings. The van der Waals surface area contributed by atoms with Crippen LogP contribution in [0.2, 0.25) is 0 Å². The van der Waals surface area contributed by atoms with E-state index in [-0.39, 0.29) is 23.8 Å². The van der Waals surface area contributed by atoms with Crippen molar-refractivity contribution in [2.45, 2.75) is 19.4 Å². The van der Waals surface area contributed by atoms with Crippen LogP contribution in [-0.2, 0) is 9.53 Å². The average Bonchev–Trinajstić information content (AvgIpc) is 2.78. The largest absolute Gasteiger partial charge is 0.494 e. The predicted octanol–water partition coefficient (Wildman–Crippen LogP) is 1.40. The summed E-state index contributed by atoms with van der Waals surface area (Å²) >= 11 is 0. The van der Waals surface area contributed by atoms with Gasteiger partial charge in [0.25, 0.3) is 5.91 Å². The minimum absolute atomic E-state index is 0.0444. The van der Waals surface area contributed by atoms with Crippen molar-refractivity contribution in [2.75, 3.05) is 40.0 Å². The van der Waals surface area contributed by atoms with Crippen LogP contribution >= 0.6 is 0 Å². The summed E-state index contributed by atoms with van der Waals surface area (Å²) in [5.41, 5.74) is 0.620. The summed E-state index contributed by atoms with van der Waals surface area (Å²) in [6.45, 7) is 4.49. The van der Waals surface area contributed by atoms with Crippen LogP contribution in [0.1, 0.15) is 23.7 Å². The Morgan fingerprint density at radius 3 is 2.71 bits per heavy atom. The van der Waals surface area contributed by atoms with Crippen molar-refractivity contribution in [1.29, 1.82) is 0 Å². The minimum atomic E-state index is -0.279. The molecule has 2 amide bonds. The second-order valence-corrected chi connectivity index (χ2v) is 6.42. The van der Waals surface area contributed by atoms with Crippen molar-refractivity contribution in [3.63, 3.8) is 0 Å². The van der Waals surface area contributed by atoms with Gasteiger partial charge in [0.05, 0.1) is 31.8 Å². The smallest absolute Gasteiger partial charge is 0.253 e. The van der Waals surface area contributed by atoms with Crippen molar-refractivity contribution in [1.82, 2.24) is 9.80 Å². The highest BCUT2D eigenvalue weighted by atomic mass is 16.5. The lowest BCUT2D eigenvalue weighted by Gasteiger charge is -2.29. The Balaban J connectivity index is 1.74. The fourth-order valence-corrected chi connectivity index (χ4v) is 3.16. The van der Waals surface area contributed by atoms with Gasteiger partial charge in [0.2, 0.25) is 5.91 Å². The molecule has 2 aliphatic rings. The van der Waals surface area contributed by atoms with Crippen molar-refractivity contribution in [3.05, 3.63) is 29.8 Å². The first-order valence-electron chi connectivity index (χ1n) is 8.46. The number of carbonyl (C=O) groups is 2. The molecular weight excluding hydrogens is 308 g/mol. The number of hydrogen-bond donors (Lipinski definition) is 0. The molecule has 2 atom stereocenters. The second-order valence-electron chi connectivity index (χ2n) is 6.42. The third-order valence-corrected chi connectivity index (χ3v) is 4.61. The molecule has 6 heteroatoms. The number of rotatable bonds is 4. The van der Waals surface area contributed by atoms with E-state index in [0.29, 0.717) is 38.5 Å². The van der Waals surface area contributed by atoms with Gasteiger partial charge in [0, 0.05) is 25.7 Å². The first kappa shape index (κ1) is 16.8. The molecule has 0 saturated carbocycles. The van der Waals surface area contributed by atoms with Crippen LogP contribution in [0.15, 0.2) is 24.3 Å². The van der Waals surface area contributed by atoms with E-state index in [1.165, 1.54) is 0 Å². The van der Waals surface area contributed by atoms with Gasteiger partial charge in [-0.25, -0.2) is 0 Å². The molecule has 0 spiro atoms. The van der Waals surface area contributed by atoms with Crippen molar-refractivity contribution in [2.24, 2.45) is 5.92 Å². The Kier molecular flexibility index (Phi) is 5.04. The Hall–Kier alpha value is -2.08. The molecule has 0 N–H and O–H groups in total. The number of carbonyl (C=O) groups excluding carboxylic acids is 2. The average molecular weight is 332 g/mol. The third-order valence-electron chi connectivity index (χ3n) is 4.61. The Labute approximate surface area is 142 Å². The van der Waals surface area contributed by atoms with Gasteiger partial charge in [0.15, 0.2) is 0 Å². The number of hydrogen-bond acceptors (Lipinski definition) is 4. The predicted molar refractivity (Wildman–Crippen MR) is 89.0 cm³/mol. The molecule has 130 valence electrons. The summed E-state index contributed by atoms with van der Waals surface area (Å²) in [5.74, 6) is 0.510. The molecule has 0 aromatic heterocycles. The highest BCUT2D eigenvalue weighted by molar-refractivity contribution is 5.95. The molecule has 2 bridgehead atoms.